The highest BCUT2D eigenvalue weighted by molar-refractivity contribution is 4.34. The molecule has 0 fully saturated rings. The van der Waals surface area contributed by atoms with E-state index >= 15 is 0 Å². The van der Waals surface area contributed by atoms with Crippen molar-refractivity contribution in [2.75, 3.05) is 41.3 Å². The van der Waals surface area contributed by atoms with E-state index < -0.39 is 0 Å². The zero-order valence-corrected chi connectivity index (χ0v) is 11.0. The lowest BCUT2D eigenvalue weighted by atomic mass is 10.5. The van der Waals surface area contributed by atoms with Crippen molar-refractivity contribution in [3.8, 4) is 0 Å². The van der Waals surface area contributed by atoms with Gasteiger partial charge in [-0.2, -0.15) is 0 Å². The van der Waals surface area contributed by atoms with E-state index in [1.807, 2.05) is 13.8 Å². The van der Waals surface area contributed by atoms with E-state index in [-0.39, 0.29) is 0 Å². The maximum atomic E-state index is 2.18. The van der Waals surface area contributed by atoms with Crippen molar-refractivity contribution in [1.82, 2.24) is 9.80 Å². The fraction of sp³-hybridized carbons (Fsp3) is 1.00. The summed E-state index contributed by atoms with van der Waals surface area (Å²) < 4.78 is 0. The van der Waals surface area contributed by atoms with Crippen molar-refractivity contribution in [1.29, 1.82) is 0 Å². The Hall–Kier alpha value is -0.0800. The van der Waals surface area contributed by atoms with Gasteiger partial charge in [0.25, 0.3) is 0 Å². The van der Waals surface area contributed by atoms with E-state index in [0.717, 1.165) is 6.54 Å². The zero-order valence-electron chi connectivity index (χ0n) is 11.0. The first kappa shape index (κ1) is 18.7. The van der Waals surface area contributed by atoms with Gasteiger partial charge in [-0.3, -0.25) is 0 Å². The molecule has 0 saturated heterocycles. The fourth-order valence-corrected chi connectivity index (χ4v) is 0.447. The molecule has 0 amide bonds. The number of hydrogen-bond donors (Lipinski definition) is 0. The average molecular weight is 190 g/mol. The largest absolute Gasteiger partial charge is 0.310 e. The van der Waals surface area contributed by atoms with Crippen molar-refractivity contribution in [3.05, 3.63) is 0 Å². The first-order chi connectivity index (χ1) is 6.04. The van der Waals surface area contributed by atoms with Gasteiger partial charge in [0.15, 0.2) is 0 Å². The van der Waals surface area contributed by atoms with Gasteiger partial charge in [0.2, 0.25) is 0 Å². The molecule has 13 heavy (non-hydrogen) atoms. The van der Waals surface area contributed by atoms with E-state index in [4.69, 9.17) is 0 Å². The van der Waals surface area contributed by atoms with Crippen LogP contribution < -0.4 is 0 Å². The molecule has 0 aromatic carbocycles. The predicted octanol–water partition coefficient (Wildman–Crippen LogP) is 2.55. The first-order valence-electron chi connectivity index (χ1n) is 5.34. The molecular formula is C11H30N2. The summed E-state index contributed by atoms with van der Waals surface area (Å²) in [4.78, 5) is 4.31. The van der Waals surface area contributed by atoms with Crippen LogP contribution in [0.2, 0.25) is 0 Å². The van der Waals surface area contributed by atoms with Gasteiger partial charge in [0.1, 0.15) is 0 Å². The van der Waals surface area contributed by atoms with Crippen molar-refractivity contribution in [2.24, 2.45) is 0 Å². The summed E-state index contributed by atoms with van der Waals surface area (Å²) in [5, 5.41) is 0. The molecule has 84 valence electrons. The molecule has 0 aliphatic rings. The summed E-state index contributed by atoms with van der Waals surface area (Å²) in [6.07, 6.45) is 1.26. The molecule has 0 heterocycles. The van der Waals surface area contributed by atoms with Crippen molar-refractivity contribution in [2.45, 2.75) is 34.1 Å². The molecule has 2 heteroatoms. The summed E-state index contributed by atoms with van der Waals surface area (Å²) in [7, 11) is 8.28. The van der Waals surface area contributed by atoms with Crippen LogP contribution in [0.25, 0.3) is 0 Å². The lowest BCUT2D eigenvalue weighted by Gasteiger charge is -2.03. The highest BCUT2D eigenvalue weighted by atomic mass is 15.0. The molecule has 0 aliphatic carbocycles. The summed E-state index contributed by atoms with van der Waals surface area (Å²) in [5.74, 6) is 0. The van der Waals surface area contributed by atoms with Gasteiger partial charge in [-0.15, -0.1) is 0 Å². The standard InChI is InChI=1S/C5H13N.C4H11N.C2H6/c1-4-5-6(2)3;1-4-5(2)3;1-2/h4-5H2,1-3H3;4H2,1-3H3;1-2H3. The van der Waals surface area contributed by atoms with Crippen LogP contribution in [0.5, 0.6) is 0 Å². The third kappa shape index (κ3) is 48.5. The van der Waals surface area contributed by atoms with Crippen LogP contribution in [0.3, 0.4) is 0 Å². The average Bonchev–Trinajstić information content (AvgIpc) is 2.09. The zero-order chi connectivity index (χ0) is 11.3. The minimum Gasteiger partial charge on any atom is -0.310 e. The third-order valence-corrected chi connectivity index (χ3v) is 1.30. The van der Waals surface area contributed by atoms with E-state index in [1.165, 1.54) is 13.0 Å². The molecule has 0 N–H and O–H groups in total. The fourth-order valence-electron chi connectivity index (χ4n) is 0.447. The molecule has 0 radical (unpaired) electrons. The van der Waals surface area contributed by atoms with Crippen molar-refractivity contribution >= 4 is 0 Å². The highest BCUT2D eigenvalue weighted by Crippen LogP contribution is 1.76. The van der Waals surface area contributed by atoms with Crippen molar-refractivity contribution < 1.29 is 0 Å². The minimum absolute atomic E-state index is 1.14. The van der Waals surface area contributed by atoms with Gasteiger partial charge >= 0.3 is 0 Å². The van der Waals surface area contributed by atoms with Crippen LogP contribution in [0.1, 0.15) is 34.1 Å². The minimum atomic E-state index is 1.14. The molecule has 0 saturated carbocycles. The molecule has 0 aromatic heterocycles. The monoisotopic (exact) mass is 190 g/mol. The Labute approximate surface area is 85.9 Å². The first-order valence-corrected chi connectivity index (χ1v) is 5.34. The smallest absolute Gasteiger partial charge is 0.00275 e. The Morgan fingerprint density at radius 1 is 0.769 bits per heavy atom. The van der Waals surface area contributed by atoms with Gasteiger partial charge in [0.05, 0.1) is 0 Å². The van der Waals surface area contributed by atoms with Gasteiger partial charge < -0.3 is 9.80 Å². The van der Waals surface area contributed by atoms with E-state index in [0.29, 0.717) is 0 Å². The Bertz CT molecular complexity index is 61.1. The maximum absolute atomic E-state index is 2.18. The second-order valence-electron chi connectivity index (χ2n) is 3.20. The normalized spacial score (nSPS) is 8.77. The molecule has 2 nitrogen and oxygen atoms in total. The predicted molar refractivity (Wildman–Crippen MR) is 64.4 cm³/mol. The number of nitrogens with zero attached hydrogens (tertiary/aromatic N) is 2. The molecule has 0 aliphatic heterocycles. The second-order valence-corrected chi connectivity index (χ2v) is 3.20. The lowest BCUT2D eigenvalue weighted by Crippen LogP contribution is -2.11. The number of rotatable bonds is 3. The summed E-state index contributed by atoms with van der Waals surface area (Å²) in [6, 6.07) is 0. The summed E-state index contributed by atoms with van der Waals surface area (Å²) in [5.41, 5.74) is 0. The Morgan fingerprint density at radius 2 is 1.08 bits per heavy atom. The van der Waals surface area contributed by atoms with Crippen molar-refractivity contribution in [3.63, 3.8) is 0 Å². The molecule has 0 rings (SSSR count). The van der Waals surface area contributed by atoms with Gasteiger partial charge in [-0.1, -0.05) is 27.7 Å². The van der Waals surface area contributed by atoms with Crippen LogP contribution in [-0.4, -0.2) is 51.1 Å². The van der Waals surface area contributed by atoms with Crippen LogP contribution in [0.4, 0.5) is 0 Å². The lowest BCUT2D eigenvalue weighted by molar-refractivity contribution is 0.408. The third-order valence-electron chi connectivity index (χ3n) is 1.30. The maximum Gasteiger partial charge on any atom is -0.00275 e. The molecule has 0 atom stereocenters. The molecule has 0 unspecified atom stereocenters. The molecule has 0 bridgehead atoms. The van der Waals surface area contributed by atoms with Gasteiger partial charge in [0, 0.05) is 0 Å². The Balaban J connectivity index is -0.000000131. The topological polar surface area (TPSA) is 6.48 Å². The SMILES string of the molecule is CC.CCCN(C)C.CCN(C)C. The highest BCUT2D eigenvalue weighted by Gasteiger charge is 1.79. The Kier molecular flexibility index (Phi) is 25.6. The molecular weight excluding hydrogens is 160 g/mol. The van der Waals surface area contributed by atoms with Crippen LogP contribution >= 0.6 is 0 Å². The Morgan fingerprint density at radius 3 is 1.08 bits per heavy atom. The van der Waals surface area contributed by atoms with Crippen LogP contribution in [0, 0.1) is 0 Å². The quantitative estimate of drug-likeness (QED) is 0.675. The van der Waals surface area contributed by atoms with Crippen LogP contribution in [0.15, 0.2) is 0 Å². The summed E-state index contributed by atoms with van der Waals surface area (Å²) in [6.45, 7) is 10.7. The van der Waals surface area contributed by atoms with Gasteiger partial charge in [-0.05, 0) is 47.7 Å². The summed E-state index contributed by atoms with van der Waals surface area (Å²) >= 11 is 0. The second kappa shape index (κ2) is 17.9. The van der Waals surface area contributed by atoms with E-state index in [2.05, 4.69) is 51.8 Å². The molecule has 0 spiro atoms. The van der Waals surface area contributed by atoms with Crippen LogP contribution in [-0.2, 0) is 0 Å². The van der Waals surface area contributed by atoms with E-state index in [9.17, 15) is 0 Å². The van der Waals surface area contributed by atoms with Gasteiger partial charge in [-0.25, -0.2) is 0 Å². The van der Waals surface area contributed by atoms with E-state index in [1.54, 1.807) is 0 Å². The number of hydrogen-bond acceptors (Lipinski definition) is 2. The molecule has 0 aromatic rings.